The number of nitrogens with zero attached hydrogens (tertiary/aromatic N) is 2. The van der Waals surface area contributed by atoms with Gasteiger partial charge in [-0.3, -0.25) is 10.4 Å². The van der Waals surface area contributed by atoms with Crippen molar-refractivity contribution < 1.29 is 33.6 Å². The molecular formula is C34H42N4O7. The number of amides is 2. The van der Waals surface area contributed by atoms with Crippen molar-refractivity contribution in [2.24, 2.45) is 5.92 Å². The molecular weight excluding hydrogens is 576 g/mol. The Morgan fingerprint density at radius 2 is 1.76 bits per heavy atom. The van der Waals surface area contributed by atoms with Crippen molar-refractivity contribution in [2.75, 3.05) is 19.8 Å². The highest BCUT2D eigenvalue weighted by Gasteiger charge is 2.44. The highest BCUT2D eigenvalue weighted by atomic mass is 16.7. The van der Waals surface area contributed by atoms with Crippen LogP contribution in [-0.4, -0.2) is 77.2 Å². The summed E-state index contributed by atoms with van der Waals surface area (Å²) in [5, 5.41) is 16.0. The van der Waals surface area contributed by atoms with Gasteiger partial charge < -0.3 is 29.4 Å². The van der Waals surface area contributed by atoms with E-state index in [1.807, 2.05) is 72.8 Å². The lowest BCUT2D eigenvalue weighted by molar-refractivity contribution is -0.0907. The van der Waals surface area contributed by atoms with E-state index in [2.05, 4.69) is 15.7 Å². The van der Waals surface area contributed by atoms with Crippen LogP contribution in [0.25, 0.3) is 11.3 Å². The molecule has 0 saturated carbocycles. The number of nitrogens with one attached hydrogen (secondary N) is 2. The summed E-state index contributed by atoms with van der Waals surface area (Å²) in [7, 11) is 0. The van der Waals surface area contributed by atoms with Crippen molar-refractivity contribution in [2.45, 2.75) is 70.3 Å². The normalized spacial score (nSPS) is 20.7. The maximum absolute atomic E-state index is 13.2. The Kier molecular flexibility index (Phi) is 10.7. The molecule has 2 aliphatic rings. The number of fused-ring (bicyclic) bond motifs is 1. The predicted molar refractivity (Wildman–Crippen MR) is 167 cm³/mol. The van der Waals surface area contributed by atoms with Gasteiger partial charge in [0.1, 0.15) is 11.7 Å². The van der Waals surface area contributed by atoms with Crippen LogP contribution in [0.5, 0.6) is 0 Å². The number of hydrogen-bond acceptors (Lipinski definition) is 9. The number of benzene rings is 2. The average molecular weight is 619 g/mol. The van der Waals surface area contributed by atoms with E-state index in [1.54, 1.807) is 32.0 Å². The largest absolute Gasteiger partial charge is 0.444 e. The maximum Gasteiger partial charge on any atom is 0.422 e. The summed E-state index contributed by atoms with van der Waals surface area (Å²) in [6, 6.07) is 22.4. The summed E-state index contributed by atoms with van der Waals surface area (Å²) >= 11 is 0. The highest BCUT2D eigenvalue weighted by Crippen LogP contribution is 2.33. The third-order valence-corrected chi connectivity index (χ3v) is 7.65. The van der Waals surface area contributed by atoms with Crippen LogP contribution in [0.3, 0.4) is 0 Å². The Morgan fingerprint density at radius 3 is 2.47 bits per heavy atom. The quantitative estimate of drug-likeness (QED) is 0.267. The molecule has 0 radical (unpaired) electrons. The zero-order valence-corrected chi connectivity index (χ0v) is 25.9. The van der Waals surface area contributed by atoms with Gasteiger partial charge in [-0.15, -0.1) is 0 Å². The molecule has 0 unspecified atom stereocenters. The lowest BCUT2D eigenvalue weighted by Crippen LogP contribution is -2.54. The molecule has 2 amide bonds. The van der Waals surface area contributed by atoms with Gasteiger partial charge in [0.05, 0.1) is 37.0 Å². The van der Waals surface area contributed by atoms with Gasteiger partial charge in [0.25, 0.3) is 0 Å². The maximum atomic E-state index is 13.2. The Balaban J connectivity index is 1.31. The van der Waals surface area contributed by atoms with E-state index >= 15 is 0 Å². The standard InChI is InChI=1S/C34H42N4O7/c1-34(2,3)45-32(40)36-28(19-23-9-5-4-6-10-23)29(39)21-38(37-33(41)44-30-22-43-31-26(30)16-18-42-31)20-24-12-14-25(15-13-24)27-11-7-8-17-35-27/h4-15,17,26,28-31,39H,16,18-22H2,1-3H3,(H,36,40)(H,37,41)/t26-,28-,29-,30-,31+/m0/s1. The molecule has 2 aliphatic heterocycles. The third kappa shape index (κ3) is 9.48. The first-order valence-electron chi connectivity index (χ1n) is 15.3. The van der Waals surface area contributed by atoms with Crippen LogP contribution in [-0.2, 0) is 31.9 Å². The number of carbonyl (C=O) groups is 2. The monoisotopic (exact) mass is 618 g/mol. The summed E-state index contributed by atoms with van der Waals surface area (Å²) in [5.41, 5.74) is 5.73. The molecule has 11 nitrogen and oxygen atoms in total. The van der Waals surface area contributed by atoms with E-state index in [-0.39, 0.29) is 31.9 Å². The van der Waals surface area contributed by atoms with Gasteiger partial charge in [-0.05, 0) is 56.9 Å². The number of aromatic nitrogens is 1. The van der Waals surface area contributed by atoms with E-state index in [0.29, 0.717) is 13.0 Å². The summed E-state index contributed by atoms with van der Waals surface area (Å²) in [5.74, 6) is -0.0118. The molecule has 1 aromatic heterocycles. The number of hydrazine groups is 1. The van der Waals surface area contributed by atoms with Crippen LogP contribution in [0, 0.1) is 5.92 Å². The van der Waals surface area contributed by atoms with Crippen molar-refractivity contribution in [3.8, 4) is 11.3 Å². The van der Waals surface area contributed by atoms with Crippen molar-refractivity contribution in [3.05, 3.63) is 90.1 Å². The van der Waals surface area contributed by atoms with Crippen LogP contribution in [0.15, 0.2) is 79.0 Å². The van der Waals surface area contributed by atoms with Gasteiger partial charge in [-0.25, -0.2) is 14.6 Å². The van der Waals surface area contributed by atoms with E-state index in [4.69, 9.17) is 18.9 Å². The summed E-state index contributed by atoms with van der Waals surface area (Å²) < 4.78 is 22.4. The molecule has 0 spiro atoms. The van der Waals surface area contributed by atoms with Crippen molar-refractivity contribution in [1.29, 1.82) is 0 Å². The second-order valence-electron chi connectivity index (χ2n) is 12.4. The van der Waals surface area contributed by atoms with Gasteiger partial charge in [-0.1, -0.05) is 60.7 Å². The Morgan fingerprint density at radius 1 is 1.00 bits per heavy atom. The summed E-state index contributed by atoms with van der Waals surface area (Å²) in [6.45, 7) is 6.41. The zero-order valence-electron chi connectivity index (χ0n) is 25.9. The molecule has 5 atom stereocenters. The Hall–Kier alpha value is -4.03. The molecule has 3 N–H and O–H groups in total. The molecule has 11 heteroatoms. The molecule has 45 heavy (non-hydrogen) atoms. The highest BCUT2D eigenvalue weighted by molar-refractivity contribution is 5.68. The first-order chi connectivity index (χ1) is 21.6. The van der Waals surface area contributed by atoms with Crippen LogP contribution in [0.4, 0.5) is 9.59 Å². The SMILES string of the molecule is CC(C)(C)OC(=O)N[C@@H](Cc1ccccc1)[C@@H](O)CN(Cc1ccc(-c2ccccn2)cc1)NC(=O)O[C@H]1CO[C@H]2OCC[C@H]21. The number of alkyl carbamates (subject to hydrolysis) is 1. The van der Waals surface area contributed by atoms with Gasteiger partial charge >= 0.3 is 12.2 Å². The van der Waals surface area contributed by atoms with Gasteiger partial charge in [0.2, 0.25) is 0 Å². The molecule has 0 aliphatic carbocycles. The topological polar surface area (TPSA) is 131 Å². The minimum atomic E-state index is -1.09. The average Bonchev–Trinajstić information content (AvgIpc) is 3.62. The number of rotatable bonds is 11. The minimum absolute atomic E-state index is 0.0118. The second kappa shape index (κ2) is 14.8. The van der Waals surface area contributed by atoms with Gasteiger partial charge in [-0.2, -0.15) is 0 Å². The van der Waals surface area contributed by atoms with Crippen molar-refractivity contribution in [3.63, 3.8) is 0 Å². The number of hydrogen-bond donors (Lipinski definition) is 3. The van der Waals surface area contributed by atoms with E-state index in [0.717, 1.165) is 28.8 Å². The van der Waals surface area contributed by atoms with Gasteiger partial charge in [0, 0.05) is 24.8 Å². The molecule has 3 aromatic rings. The second-order valence-corrected chi connectivity index (χ2v) is 12.4. The number of aliphatic hydroxyl groups excluding tert-OH is 1. The minimum Gasteiger partial charge on any atom is -0.444 e. The van der Waals surface area contributed by atoms with Crippen LogP contribution in [0.1, 0.15) is 38.3 Å². The lowest BCUT2D eigenvalue weighted by Gasteiger charge is -2.31. The van der Waals surface area contributed by atoms with Crippen LogP contribution in [0.2, 0.25) is 0 Å². The van der Waals surface area contributed by atoms with Crippen LogP contribution >= 0.6 is 0 Å². The first-order valence-corrected chi connectivity index (χ1v) is 15.3. The number of ether oxygens (including phenoxy) is 4. The fourth-order valence-corrected chi connectivity index (χ4v) is 5.49. The fraction of sp³-hybridized carbons (Fsp3) is 0.441. The molecule has 5 rings (SSSR count). The Bertz CT molecular complexity index is 1390. The molecule has 2 aromatic carbocycles. The first kappa shape index (κ1) is 32.4. The van der Waals surface area contributed by atoms with Crippen molar-refractivity contribution in [1.82, 2.24) is 20.7 Å². The number of pyridine rings is 1. The Labute approximate surface area is 263 Å². The van der Waals surface area contributed by atoms with E-state index < -0.39 is 36.0 Å². The fourth-order valence-electron chi connectivity index (χ4n) is 5.49. The molecule has 240 valence electrons. The van der Waals surface area contributed by atoms with E-state index in [9.17, 15) is 14.7 Å². The molecule has 2 saturated heterocycles. The van der Waals surface area contributed by atoms with Gasteiger partial charge in [0.15, 0.2) is 6.29 Å². The van der Waals surface area contributed by atoms with E-state index in [1.165, 1.54) is 0 Å². The van der Waals surface area contributed by atoms with Crippen molar-refractivity contribution >= 4 is 12.2 Å². The summed E-state index contributed by atoms with van der Waals surface area (Å²) in [4.78, 5) is 30.3. The number of carbonyl (C=O) groups excluding carboxylic acids is 2. The molecule has 3 heterocycles. The lowest BCUT2D eigenvalue weighted by atomic mass is 10.0. The zero-order chi connectivity index (χ0) is 31.8. The number of aliphatic hydroxyl groups is 1. The molecule has 0 bridgehead atoms. The third-order valence-electron chi connectivity index (χ3n) is 7.65. The predicted octanol–water partition coefficient (Wildman–Crippen LogP) is 4.45. The van der Waals surface area contributed by atoms with Crippen LogP contribution < -0.4 is 10.7 Å². The summed E-state index contributed by atoms with van der Waals surface area (Å²) in [6.07, 6.45) is -0.319. The molecule has 2 fully saturated rings. The smallest absolute Gasteiger partial charge is 0.422 e.